The van der Waals surface area contributed by atoms with Crippen molar-refractivity contribution in [2.45, 2.75) is 31.7 Å². The van der Waals surface area contributed by atoms with Gasteiger partial charge in [0.15, 0.2) is 0 Å². The van der Waals surface area contributed by atoms with Gasteiger partial charge in [0, 0.05) is 24.7 Å². The van der Waals surface area contributed by atoms with E-state index in [-0.39, 0.29) is 0 Å². The Morgan fingerprint density at radius 2 is 2.13 bits per heavy atom. The SMILES string of the molecule is O=CCCC1CCCN1c1ccccc1. The second-order valence-electron chi connectivity index (χ2n) is 4.07. The zero-order valence-corrected chi connectivity index (χ0v) is 8.93. The molecular formula is C13H17NO. The van der Waals surface area contributed by atoms with Gasteiger partial charge in [-0.3, -0.25) is 0 Å². The van der Waals surface area contributed by atoms with Crippen LogP contribution < -0.4 is 4.90 Å². The minimum Gasteiger partial charge on any atom is -0.369 e. The van der Waals surface area contributed by atoms with Gasteiger partial charge in [0.25, 0.3) is 0 Å². The van der Waals surface area contributed by atoms with E-state index < -0.39 is 0 Å². The summed E-state index contributed by atoms with van der Waals surface area (Å²) < 4.78 is 0. The van der Waals surface area contributed by atoms with E-state index >= 15 is 0 Å². The molecule has 1 saturated heterocycles. The second kappa shape index (κ2) is 4.96. The van der Waals surface area contributed by atoms with E-state index in [0.717, 1.165) is 19.3 Å². The number of rotatable bonds is 4. The Labute approximate surface area is 90.9 Å². The normalized spacial score (nSPS) is 20.5. The first-order valence-electron chi connectivity index (χ1n) is 5.67. The maximum atomic E-state index is 10.4. The molecule has 2 heteroatoms. The highest BCUT2D eigenvalue weighted by atomic mass is 16.1. The van der Waals surface area contributed by atoms with E-state index in [0.29, 0.717) is 12.5 Å². The van der Waals surface area contributed by atoms with Gasteiger partial charge in [0.2, 0.25) is 0 Å². The molecule has 1 aliphatic heterocycles. The molecule has 2 rings (SSSR count). The maximum Gasteiger partial charge on any atom is 0.120 e. The monoisotopic (exact) mass is 203 g/mol. The largest absolute Gasteiger partial charge is 0.369 e. The molecule has 0 bridgehead atoms. The summed E-state index contributed by atoms with van der Waals surface area (Å²) in [5, 5.41) is 0. The first-order valence-corrected chi connectivity index (χ1v) is 5.67. The molecule has 0 aromatic heterocycles. The number of hydrogen-bond donors (Lipinski definition) is 0. The van der Waals surface area contributed by atoms with Crippen molar-refractivity contribution in [3.63, 3.8) is 0 Å². The molecule has 1 heterocycles. The molecule has 0 spiro atoms. The van der Waals surface area contributed by atoms with Crippen molar-refractivity contribution in [3.8, 4) is 0 Å². The molecule has 80 valence electrons. The summed E-state index contributed by atoms with van der Waals surface area (Å²) in [6.07, 6.45) is 5.19. The number of benzene rings is 1. The molecule has 0 N–H and O–H groups in total. The minimum atomic E-state index is 0.567. The van der Waals surface area contributed by atoms with Crippen LogP contribution in [0.5, 0.6) is 0 Å². The van der Waals surface area contributed by atoms with Crippen molar-refractivity contribution >= 4 is 12.0 Å². The average molecular weight is 203 g/mol. The smallest absolute Gasteiger partial charge is 0.120 e. The van der Waals surface area contributed by atoms with Gasteiger partial charge in [-0.1, -0.05) is 18.2 Å². The summed E-state index contributed by atoms with van der Waals surface area (Å²) in [6, 6.07) is 11.1. The number of carbonyl (C=O) groups is 1. The standard InChI is InChI=1S/C13H17NO/c15-11-5-9-13-8-4-10-14(13)12-6-2-1-3-7-12/h1-3,6-7,11,13H,4-5,8-10H2. The van der Waals surface area contributed by atoms with Crippen LogP contribution in [0.25, 0.3) is 0 Å². The van der Waals surface area contributed by atoms with E-state index in [2.05, 4.69) is 29.2 Å². The Hall–Kier alpha value is -1.31. The Kier molecular flexibility index (Phi) is 3.38. The molecule has 1 aromatic carbocycles. The Balaban J connectivity index is 2.04. The fourth-order valence-electron chi connectivity index (χ4n) is 2.36. The zero-order valence-electron chi connectivity index (χ0n) is 8.93. The average Bonchev–Trinajstić information content (AvgIpc) is 2.75. The minimum absolute atomic E-state index is 0.567. The topological polar surface area (TPSA) is 20.3 Å². The lowest BCUT2D eigenvalue weighted by atomic mass is 10.1. The molecule has 1 aliphatic rings. The first-order chi connectivity index (χ1) is 7.42. The van der Waals surface area contributed by atoms with Crippen molar-refractivity contribution in [3.05, 3.63) is 30.3 Å². The predicted octanol–water partition coefficient (Wildman–Crippen LogP) is 2.63. The van der Waals surface area contributed by atoms with Crippen molar-refractivity contribution in [1.82, 2.24) is 0 Å². The van der Waals surface area contributed by atoms with Crippen LogP contribution in [0.15, 0.2) is 30.3 Å². The highest BCUT2D eigenvalue weighted by Gasteiger charge is 2.23. The highest BCUT2D eigenvalue weighted by Crippen LogP contribution is 2.27. The number of para-hydroxylation sites is 1. The number of anilines is 1. The summed E-state index contributed by atoms with van der Waals surface area (Å²) in [6.45, 7) is 1.13. The van der Waals surface area contributed by atoms with Gasteiger partial charge in [-0.2, -0.15) is 0 Å². The van der Waals surface area contributed by atoms with Gasteiger partial charge in [0.05, 0.1) is 0 Å². The number of carbonyl (C=O) groups excluding carboxylic acids is 1. The van der Waals surface area contributed by atoms with Gasteiger partial charge >= 0.3 is 0 Å². The first kappa shape index (κ1) is 10.2. The zero-order chi connectivity index (χ0) is 10.5. The lowest BCUT2D eigenvalue weighted by Crippen LogP contribution is -2.28. The lowest BCUT2D eigenvalue weighted by Gasteiger charge is -2.26. The molecule has 1 fully saturated rings. The fraction of sp³-hybridized carbons (Fsp3) is 0.462. The van der Waals surface area contributed by atoms with Gasteiger partial charge in [-0.15, -0.1) is 0 Å². The summed E-state index contributed by atoms with van der Waals surface area (Å²) in [5.74, 6) is 0. The fourth-order valence-corrected chi connectivity index (χ4v) is 2.36. The van der Waals surface area contributed by atoms with Gasteiger partial charge in [-0.05, 0) is 31.4 Å². The summed E-state index contributed by atoms with van der Waals surface area (Å²) in [5.41, 5.74) is 1.30. The summed E-state index contributed by atoms with van der Waals surface area (Å²) >= 11 is 0. The molecule has 2 nitrogen and oxygen atoms in total. The molecule has 0 aliphatic carbocycles. The predicted molar refractivity (Wildman–Crippen MR) is 62.1 cm³/mol. The van der Waals surface area contributed by atoms with Crippen molar-refractivity contribution in [1.29, 1.82) is 0 Å². The third-order valence-corrected chi connectivity index (χ3v) is 3.08. The molecular weight excluding hydrogens is 186 g/mol. The van der Waals surface area contributed by atoms with E-state index in [1.165, 1.54) is 18.5 Å². The number of aldehydes is 1. The lowest BCUT2D eigenvalue weighted by molar-refractivity contribution is -0.108. The molecule has 1 aromatic rings. The van der Waals surface area contributed by atoms with E-state index in [4.69, 9.17) is 0 Å². The van der Waals surface area contributed by atoms with Crippen LogP contribution in [0.1, 0.15) is 25.7 Å². The molecule has 0 radical (unpaired) electrons. The van der Waals surface area contributed by atoms with Gasteiger partial charge in [-0.25, -0.2) is 0 Å². The van der Waals surface area contributed by atoms with Crippen LogP contribution in [0.2, 0.25) is 0 Å². The maximum absolute atomic E-state index is 10.4. The van der Waals surface area contributed by atoms with Crippen LogP contribution in [0.3, 0.4) is 0 Å². The van der Waals surface area contributed by atoms with E-state index in [9.17, 15) is 4.79 Å². The molecule has 1 unspecified atom stereocenters. The Bertz CT molecular complexity index is 310. The Morgan fingerprint density at radius 1 is 1.33 bits per heavy atom. The van der Waals surface area contributed by atoms with Crippen molar-refractivity contribution in [2.75, 3.05) is 11.4 Å². The van der Waals surface area contributed by atoms with Crippen LogP contribution >= 0.6 is 0 Å². The third kappa shape index (κ3) is 2.38. The van der Waals surface area contributed by atoms with Crippen LogP contribution in [0.4, 0.5) is 5.69 Å². The molecule has 0 saturated carbocycles. The second-order valence-corrected chi connectivity index (χ2v) is 4.07. The van der Waals surface area contributed by atoms with E-state index in [1.54, 1.807) is 0 Å². The summed E-state index contributed by atoms with van der Waals surface area (Å²) in [7, 11) is 0. The third-order valence-electron chi connectivity index (χ3n) is 3.08. The highest BCUT2D eigenvalue weighted by molar-refractivity contribution is 5.51. The Morgan fingerprint density at radius 3 is 2.87 bits per heavy atom. The molecule has 15 heavy (non-hydrogen) atoms. The van der Waals surface area contributed by atoms with Crippen LogP contribution in [-0.4, -0.2) is 18.9 Å². The van der Waals surface area contributed by atoms with Gasteiger partial charge in [0.1, 0.15) is 6.29 Å². The van der Waals surface area contributed by atoms with Crippen LogP contribution in [0, 0.1) is 0 Å². The summed E-state index contributed by atoms with van der Waals surface area (Å²) in [4.78, 5) is 12.8. The van der Waals surface area contributed by atoms with Gasteiger partial charge < -0.3 is 9.69 Å². The quantitative estimate of drug-likeness (QED) is 0.701. The van der Waals surface area contributed by atoms with Crippen molar-refractivity contribution < 1.29 is 4.79 Å². The van der Waals surface area contributed by atoms with Crippen molar-refractivity contribution in [2.24, 2.45) is 0 Å². The van der Waals surface area contributed by atoms with E-state index in [1.807, 2.05) is 6.07 Å². The number of nitrogens with zero attached hydrogens (tertiary/aromatic N) is 1. The molecule has 0 amide bonds. The van der Waals surface area contributed by atoms with Crippen LogP contribution in [-0.2, 0) is 4.79 Å². The number of hydrogen-bond acceptors (Lipinski definition) is 2. The molecule has 1 atom stereocenters.